The van der Waals surface area contributed by atoms with Crippen molar-refractivity contribution in [1.82, 2.24) is 0 Å². The Labute approximate surface area is 108 Å². The van der Waals surface area contributed by atoms with E-state index in [-0.39, 0.29) is 6.04 Å². The lowest BCUT2D eigenvalue weighted by atomic mass is 10.2. The number of aliphatic imine (C=N–C) groups is 1. The van der Waals surface area contributed by atoms with Crippen molar-refractivity contribution in [2.24, 2.45) is 4.99 Å². The summed E-state index contributed by atoms with van der Waals surface area (Å²) in [4.78, 5) is 6.72. The second-order valence-corrected chi connectivity index (χ2v) is 4.17. The van der Waals surface area contributed by atoms with Crippen LogP contribution in [-0.2, 0) is 9.47 Å². The van der Waals surface area contributed by atoms with Gasteiger partial charge in [0.15, 0.2) is 0 Å². The van der Waals surface area contributed by atoms with Crippen LogP contribution in [0.15, 0.2) is 35.3 Å². The zero-order valence-electron chi connectivity index (χ0n) is 11.0. The Morgan fingerprint density at radius 3 is 2.78 bits per heavy atom. The fourth-order valence-electron chi connectivity index (χ4n) is 2.00. The topological polar surface area (TPSA) is 34.1 Å². The maximum atomic E-state index is 5.39. The molecule has 2 rings (SSSR count). The summed E-state index contributed by atoms with van der Waals surface area (Å²) >= 11 is 0. The monoisotopic (exact) mass is 248 g/mol. The molecule has 18 heavy (non-hydrogen) atoms. The molecular weight excluding hydrogens is 228 g/mol. The van der Waals surface area contributed by atoms with Gasteiger partial charge in [-0.1, -0.05) is 18.2 Å². The molecule has 4 heteroatoms. The molecule has 0 aromatic heterocycles. The summed E-state index contributed by atoms with van der Waals surface area (Å²) in [6.07, 6.45) is 0.437. The molecule has 0 bridgehead atoms. The first-order chi connectivity index (χ1) is 8.83. The molecule has 1 aliphatic heterocycles. The number of rotatable bonds is 5. The number of nitrogens with zero attached hydrogens (tertiary/aromatic N) is 2. The smallest absolute Gasteiger partial charge is 0.383 e. The van der Waals surface area contributed by atoms with Crippen LogP contribution in [0.4, 0.5) is 5.69 Å². The van der Waals surface area contributed by atoms with E-state index in [1.54, 1.807) is 0 Å². The summed E-state index contributed by atoms with van der Waals surface area (Å²) in [7, 11) is 0. The molecule has 0 aliphatic carbocycles. The van der Waals surface area contributed by atoms with Crippen LogP contribution in [0.1, 0.15) is 13.8 Å². The summed E-state index contributed by atoms with van der Waals surface area (Å²) < 4.78 is 10.7. The number of para-hydroxylation sites is 1. The minimum atomic E-state index is 0.159. The van der Waals surface area contributed by atoms with Gasteiger partial charge in [-0.3, -0.25) is 0 Å². The van der Waals surface area contributed by atoms with Crippen LogP contribution in [0.5, 0.6) is 0 Å². The Kier molecular flexibility index (Phi) is 4.45. The van der Waals surface area contributed by atoms with E-state index in [0.29, 0.717) is 19.3 Å². The molecule has 1 unspecified atom stereocenters. The normalized spacial score (nSPS) is 18.1. The van der Waals surface area contributed by atoms with Gasteiger partial charge in [-0.2, -0.15) is 0 Å². The first-order valence-corrected chi connectivity index (χ1v) is 6.46. The molecule has 0 radical (unpaired) electrons. The van der Waals surface area contributed by atoms with Crippen LogP contribution in [0.2, 0.25) is 0 Å². The Bertz CT molecular complexity index is 392. The van der Waals surface area contributed by atoms with Gasteiger partial charge in [0.05, 0.1) is 6.61 Å². The molecule has 0 spiro atoms. The molecule has 0 saturated carbocycles. The first kappa shape index (κ1) is 12.7. The third-order valence-corrected chi connectivity index (χ3v) is 2.89. The van der Waals surface area contributed by atoms with Gasteiger partial charge in [-0.15, -0.1) is 0 Å². The minimum Gasteiger partial charge on any atom is -0.451 e. The number of benzene rings is 1. The second-order valence-electron chi connectivity index (χ2n) is 4.17. The van der Waals surface area contributed by atoms with Crippen molar-refractivity contribution in [1.29, 1.82) is 0 Å². The highest BCUT2D eigenvalue weighted by molar-refractivity contribution is 5.68. The molecule has 4 nitrogen and oxygen atoms in total. The van der Waals surface area contributed by atoms with Gasteiger partial charge in [0, 0.05) is 18.8 Å². The third-order valence-electron chi connectivity index (χ3n) is 2.89. The molecule has 1 aliphatic rings. The van der Waals surface area contributed by atoms with Crippen molar-refractivity contribution in [3.8, 4) is 0 Å². The number of anilines is 1. The van der Waals surface area contributed by atoms with Crippen molar-refractivity contribution in [2.75, 3.05) is 31.2 Å². The van der Waals surface area contributed by atoms with E-state index in [4.69, 9.17) is 9.47 Å². The van der Waals surface area contributed by atoms with Crippen LogP contribution in [-0.4, -0.2) is 38.4 Å². The minimum absolute atomic E-state index is 0.159. The summed E-state index contributed by atoms with van der Waals surface area (Å²) in [6, 6.07) is 10.5. The highest BCUT2D eigenvalue weighted by atomic mass is 16.7. The Balaban J connectivity index is 1.96. The molecule has 0 saturated heterocycles. The predicted molar refractivity (Wildman–Crippen MR) is 73.1 cm³/mol. The van der Waals surface area contributed by atoms with E-state index in [1.807, 2.05) is 13.0 Å². The highest BCUT2D eigenvalue weighted by Gasteiger charge is 2.22. The molecule has 0 amide bonds. The summed E-state index contributed by atoms with van der Waals surface area (Å²) in [5.74, 6) is 0. The van der Waals surface area contributed by atoms with E-state index in [9.17, 15) is 0 Å². The van der Waals surface area contributed by atoms with Crippen molar-refractivity contribution in [2.45, 2.75) is 19.9 Å². The zero-order chi connectivity index (χ0) is 12.8. The maximum absolute atomic E-state index is 5.39. The SMILES string of the molecule is CCOC1=NC(CN(CC)c2ccccc2)CO1. The number of ether oxygens (including phenoxy) is 2. The Hall–Kier alpha value is -1.71. The fraction of sp³-hybridized carbons (Fsp3) is 0.500. The average Bonchev–Trinajstić information content (AvgIpc) is 2.85. The molecule has 0 fully saturated rings. The van der Waals surface area contributed by atoms with Crippen molar-refractivity contribution in [3.05, 3.63) is 30.3 Å². The molecule has 1 aromatic rings. The van der Waals surface area contributed by atoms with Crippen LogP contribution >= 0.6 is 0 Å². The van der Waals surface area contributed by atoms with Crippen LogP contribution in [0, 0.1) is 0 Å². The van der Waals surface area contributed by atoms with Crippen LogP contribution in [0.3, 0.4) is 0 Å². The Morgan fingerprint density at radius 2 is 2.11 bits per heavy atom. The lowest BCUT2D eigenvalue weighted by Crippen LogP contribution is -2.32. The van der Waals surface area contributed by atoms with Gasteiger partial charge in [0.1, 0.15) is 12.6 Å². The lowest BCUT2D eigenvalue weighted by molar-refractivity contribution is 0.193. The fourth-order valence-corrected chi connectivity index (χ4v) is 2.00. The van der Waals surface area contributed by atoms with E-state index >= 15 is 0 Å². The van der Waals surface area contributed by atoms with Gasteiger partial charge in [-0.25, -0.2) is 4.99 Å². The number of hydrogen-bond donors (Lipinski definition) is 0. The standard InChI is InChI=1S/C14H20N2O2/c1-3-16(13-8-6-5-7-9-13)10-12-11-18-14(15-12)17-4-2/h5-9,12H,3-4,10-11H2,1-2H3. The zero-order valence-corrected chi connectivity index (χ0v) is 11.0. The third kappa shape index (κ3) is 3.15. The quantitative estimate of drug-likeness (QED) is 0.802. The van der Waals surface area contributed by atoms with E-state index in [0.717, 1.165) is 13.1 Å². The van der Waals surface area contributed by atoms with Crippen LogP contribution < -0.4 is 4.90 Å². The van der Waals surface area contributed by atoms with Gasteiger partial charge >= 0.3 is 6.08 Å². The summed E-state index contributed by atoms with van der Waals surface area (Å²) in [5.41, 5.74) is 1.22. The van der Waals surface area contributed by atoms with Crippen molar-refractivity contribution >= 4 is 11.8 Å². The lowest BCUT2D eigenvalue weighted by Gasteiger charge is -2.24. The van der Waals surface area contributed by atoms with Gasteiger partial charge in [0.25, 0.3) is 0 Å². The van der Waals surface area contributed by atoms with Crippen molar-refractivity contribution < 1.29 is 9.47 Å². The molecule has 0 N–H and O–H groups in total. The van der Waals surface area contributed by atoms with Crippen LogP contribution in [0.25, 0.3) is 0 Å². The summed E-state index contributed by atoms with van der Waals surface area (Å²) in [6.45, 7) is 7.11. The Morgan fingerprint density at radius 1 is 1.33 bits per heavy atom. The van der Waals surface area contributed by atoms with E-state index < -0.39 is 0 Å². The van der Waals surface area contributed by atoms with Gasteiger partial charge < -0.3 is 14.4 Å². The predicted octanol–water partition coefficient (Wildman–Crippen LogP) is 2.30. The molecule has 1 aromatic carbocycles. The second kappa shape index (κ2) is 6.28. The number of likely N-dealkylation sites (N-methyl/N-ethyl adjacent to an activating group) is 1. The number of hydrogen-bond acceptors (Lipinski definition) is 4. The molecular formula is C14H20N2O2. The van der Waals surface area contributed by atoms with Gasteiger partial charge in [-0.05, 0) is 26.0 Å². The molecule has 1 heterocycles. The van der Waals surface area contributed by atoms with Gasteiger partial charge in [0.2, 0.25) is 0 Å². The summed E-state index contributed by atoms with van der Waals surface area (Å²) in [5, 5.41) is 0. The largest absolute Gasteiger partial charge is 0.451 e. The van der Waals surface area contributed by atoms with E-state index in [1.165, 1.54) is 5.69 Å². The molecule has 98 valence electrons. The van der Waals surface area contributed by atoms with Crippen molar-refractivity contribution in [3.63, 3.8) is 0 Å². The van der Waals surface area contributed by atoms with E-state index in [2.05, 4.69) is 41.1 Å². The first-order valence-electron chi connectivity index (χ1n) is 6.46. The average molecular weight is 248 g/mol. The maximum Gasteiger partial charge on any atom is 0.383 e. The molecule has 1 atom stereocenters. The highest BCUT2D eigenvalue weighted by Crippen LogP contribution is 2.16.